The summed E-state index contributed by atoms with van der Waals surface area (Å²) in [4.78, 5) is 16.4. The summed E-state index contributed by atoms with van der Waals surface area (Å²) >= 11 is 0. The predicted octanol–water partition coefficient (Wildman–Crippen LogP) is 2.21. The van der Waals surface area contributed by atoms with Gasteiger partial charge >= 0.3 is 5.97 Å². The Hall–Kier alpha value is -2.63. The number of nitrogens with two attached hydrogens (primary N) is 1. The van der Waals surface area contributed by atoms with Crippen LogP contribution >= 0.6 is 0 Å². The van der Waals surface area contributed by atoms with Crippen molar-refractivity contribution in [2.75, 3.05) is 0 Å². The molecule has 1 aromatic rings. The molecule has 0 aliphatic rings. The fourth-order valence-corrected chi connectivity index (χ4v) is 1.83. The van der Waals surface area contributed by atoms with E-state index >= 15 is 0 Å². The van der Waals surface area contributed by atoms with Gasteiger partial charge in [-0.2, -0.15) is 0 Å². The highest BCUT2D eigenvalue weighted by atomic mass is 16.5. The van der Waals surface area contributed by atoms with Gasteiger partial charge in [0.25, 0.3) is 0 Å². The standard InChI is InChI=1S/C17H24N4O2/c1-12(2)15(21-16(13(3)19)20-10-9-18)17(22)23-11-14-7-5-4-6-8-14/h4-10,12,15,18,21H,11,19H2,1-3H3/b16-13-,18-9?,20-10?. The number of hydrogen-bond donors (Lipinski definition) is 3. The molecule has 0 amide bonds. The van der Waals surface area contributed by atoms with Gasteiger partial charge in [-0.1, -0.05) is 44.2 Å². The number of aliphatic imine (C=N–C) groups is 1. The lowest BCUT2D eigenvalue weighted by atomic mass is 10.0. The van der Waals surface area contributed by atoms with Crippen molar-refractivity contribution in [3.05, 3.63) is 47.4 Å². The van der Waals surface area contributed by atoms with Crippen molar-refractivity contribution < 1.29 is 9.53 Å². The number of ether oxygens (including phenoxy) is 1. The maximum absolute atomic E-state index is 12.3. The molecule has 0 bridgehead atoms. The van der Waals surface area contributed by atoms with Crippen molar-refractivity contribution in [2.45, 2.75) is 33.4 Å². The molecule has 1 aromatic carbocycles. The lowest BCUT2D eigenvalue weighted by Gasteiger charge is -2.22. The summed E-state index contributed by atoms with van der Waals surface area (Å²) in [5, 5.41) is 10.00. The van der Waals surface area contributed by atoms with E-state index in [1.54, 1.807) is 6.92 Å². The van der Waals surface area contributed by atoms with E-state index in [0.29, 0.717) is 11.5 Å². The van der Waals surface area contributed by atoms with Gasteiger partial charge in [-0.15, -0.1) is 0 Å². The van der Waals surface area contributed by atoms with E-state index in [1.165, 1.54) is 6.21 Å². The molecule has 1 rings (SSSR count). The molecule has 0 saturated carbocycles. The number of carbonyl (C=O) groups is 1. The quantitative estimate of drug-likeness (QED) is 0.505. The zero-order valence-electron chi connectivity index (χ0n) is 13.7. The van der Waals surface area contributed by atoms with Crippen LogP contribution in [0.4, 0.5) is 0 Å². The third kappa shape index (κ3) is 6.34. The minimum absolute atomic E-state index is 0.0113. The van der Waals surface area contributed by atoms with Crippen LogP contribution in [-0.4, -0.2) is 24.4 Å². The summed E-state index contributed by atoms with van der Waals surface area (Å²) in [6.45, 7) is 5.71. The molecule has 0 aliphatic heterocycles. The number of carbonyl (C=O) groups excluding carboxylic acids is 1. The normalized spacial score (nSPS) is 13.6. The first-order valence-electron chi connectivity index (χ1n) is 7.42. The van der Waals surface area contributed by atoms with Crippen LogP contribution < -0.4 is 11.1 Å². The predicted molar refractivity (Wildman–Crippen MR) is 92.2 cm³/mol. The van der Waals surface area contributed by atoms with Gasteiger partial charge in [0.15, 0.2) is 0 Å². The molecule has 0 aliphatic carbocycles. The lowest BCUT2D eigenvalue weighted by molar-refractivity contribution is -0.148. The highest BCUT2D eigenvalue weighted by Crippen LogP contribution is 2.10. The van der Waals surface area contributed by atoms with Gasteiger partial charge in [0.05, 0.1) is 0 Å². The van der Waals surface area contributed by atoms with E-state index in [4.69, 9.17) is 15.9 Å². The number of nitrogens with one attached hydrogen (secondary N) is 2. The van der Waals surface area contributed by atoms with Crippen LogP contribution in [-0.2, 0) is 16.1 Å². The number of nitrogens with zero attached hydrogens (tertiary/aromatic N) is 1. The van der Waals surface area contributed by atoms with E-state index < -0.39 is 6.04 Å². The monoisotopic (exact) mass is 316 g/mol. The van der Waals surface area contributed by atoms with Crippen molar-refractivity contribution in [2.24, 2.45) is 16.6 Å². The number of rotatable bonds is 8. The third-order valence-corrected chi connectivity index (χ3v) is 3.09. The fourth-order valence-electron chi connectivity index (χ4n) is 1.83. The summed E-state index contributed by atoms with van der Waals surface area (Å²) in [5.74, 6) is -0.0145. The van der Waals surface area contributed by atoms with E-state index in [1.807, 2.05) is 44.2 Å². The van der Waals surface area contributed by atoms with Crippen LogP contribution in [0.5, 0.6) is 0 Å². The van der Waals surface area contributed by atoms with Gasteiger partial charge < -0.3 is 21.2 Å². The molecule has 0 heterocycles. The fraction of sp³-hybridized carbons (Fsp3) is 0.353. The van der Waals surface area contributed by atoms with Gasteiger partial charge in [-0.25, -0.2) is 9.79 Å². The molecule has 124 valence electrons. The Morgan fingerprint density at radius 2 is 2.04 bits per heavy atom. The molecule has 6 heteroatoms. The molecule has 23 heavy (non-hydrogen) atoms. The maximum Gasteiger partial charge on any atom is 0.329 e. The van der Waals surface area contributed by atoms with Crippen LogP contribution in [0.3, 0.4) is 0 Å². The molecule has 6 nitrogen and oxygen atoms in total. The minimum atomic E-state index is -0.574. The van der Waals surface area contributed by atoms with E-state index in [9.17, 15) is 4.79 Å². The second kappa shape index (κ2) is 9.40. The number of esters is 1. The van der Waals surface area contributed by atoms with Gasteiger partial charge in [-0.05, 0) is 18.4 Å². The van der Waals surface area contributed by atoms with E-state index in [-0.39, 0.29) is 18.5 Å². The Labute approximate surface area is 137 Å². The first-order chi connectivity index (χ1) is 11.0. The zero-order chi connectivity index (χ0) is 17.2. The molecule has 1 atom stereocenters. The Morgan fingerprint density at radius 3 is 2.57 bits per heavy atom. The van der Waals surface area contributed by atoms with E-state index in [2.05, 4.69) is 10.3 Å². The highest BCUT2D eigenvalue weighted by molar-refractivity contribution is 6.14. The summed E-state index contributed by atoms with van der Waals surface area (Å²) < 4.78 is 5.38. The maximum atomic E-state index is 12.3. The SMILES string of the molecule is C/C(N)=C(\N=CC=N)NC(C(=O)OCc1ccccc1)C(C)C. The zero-order valence-corrected chi connectivity index (χ0v) is 13.7. The molecule has 4 N–H and O–H groups in total. The molecule has 0 radical (unpaired) electrons. The van der Waals surface area contributed by atoms with Gasteiger partial charge in [0, 0.05) is 18.1 Å². The number of hydrogen-bond acceptors (Lipinski definition) is 6. The largest absolute Gasteiger partial charge is 0.459 e. The average molecular weight is 316 g/mol. The summed E-state index contributed by atoms with van der Waals surface area (Å²) in [6, 6.07) is 8.92. The van der Waals surface area contributed by atoms with Crippen molar-refractivity contribution in [3.63, 3.8) is 0 Å². The molecule has 0 fully saturated rings. The smallest absolute Gasteiger partial charge is 0.329 e. The first kappa shape index (κ1) is 18.4. The summed E-state index contributed by atoms with van der Waals surface area (Å²) in [7, 11) is 0. The van der Waals surface area contributed by atoms with Crippen LogP contribution in [0.1, 0.15) is 26.3 Å². The Balaban J connectivity index is 2.76. The molecular formula is C17H24N4O2. The Kier molecular flexibility index (Phi) is 7.53. The van der Waals surface area contributed by atoms with Crippen molar-refractivity contribution in [1.29, 1.82) is 5.41 Å². The molecule has 0 spiro atoms. The van der Waals surface area contributed by atoms with Crippen molar-refractivity contribution in [3.8, 4) is 0 Å². The van der Waals surface area contributed by atoms with Crippen molar-refractivity contribution in [1.82, 2.24) is 5.32 Å². The van der Waals surface area contributed by atoms with E-state index in [0.717, 1.165) is 11.8 Å². The van der Waals surface area contributed by atoms with Crippen LogP contribution in [0.15, 0.2) is 46.8 Å². The van der Waals surface area contributed by atoms with Gasteiger partial charge in [0.1, 0.15) is 18.5 Å². The van der Waals surface area contributed by atoms with Gasteiger partial charge in [0.2, 0.25) is 0 Å². The molecule has 0 aromatic heterocycles. The van der Waals surface area contributed by atoms with Crippen LogP contribution in [0, 0.1) is 11.3 Å². The third-order valence-electron chi connectivity index (χ3n) is 3.09. The van der Waals surface area contributed by atoms with Gasteiger partial charge in [-0.3, -0.25) is 0 Å². The first-order valence-corrected chi connectivity index (χ1v) is 7.42. The Morgan fingerprint density at radius 1 is 1.39 bits per heavy atom. The summed E-state index contributed by atoms with van der Waals surface area (Å²) in [6.07, 6.45) is 2.34. The molecule has 1 unspecified atom stereocenters. The average Bonchev–Trinajstić information content (AvgIpc) is 2.53. The second-order valence-corrected chi connectivity index (χ2v) is 5.44. The second-order valence-electron chi connectivity index (χ2n) is 5.44. The topological polar surface area (TPSA) is 101 Å². The summed E-state index contributed by atoms with van der Waals surface area (Å²) in [5.41, 5.74) is 7.13. The van der Waals surface area contributed by atoms with Crippen molar-refractivity contribution >= 4 is 18.4 Å². The minimum Gasteiger partial charge on any atom is -0.459 e. The van der Waals surface area contributed by atoms with Crippen LogP contribution in [0.2, 0.25) is 0 Å². The molecule has 0 saturated heterocycles. The van der Waals surface area contributed by atoms with Crippen LogP contribution in [0.25, 0.3) is 0 Å². The lowest BCUT2D eigenvalue weighted by Crippen LogP contribution is -2.42. The number of benzene rings is 1. The molecular weight excluding hydrogens is 292 g/mol. The Bertz CT molecular complexity index is 576. The highest BCUT2D eigenvalue weighted by Gasteiger charge is 2.24. The number of allylic oxidation sites excluding steroid dienone is 1.